The largest absolute Gasteiger partial charge is 0.456 e. The summed E-state index contributed by atoms with van der Waals surface area (Å²) in [4.78, 5) is 2.33. The minimum Gasteiger partial charge on any atom is -0.456 e. The molecule has 0 atom stereocenters. The van der Waals surface area contributed by atoms with Crippen LogP contribution in [0.1, 0.15) is 0 Å². The van der Waals surface area contributed by atoms with Crippen molar-refractivity contribution >= 4 is 82.5 Å². The Kier molecular flexibility index (Phi) is 7.54. The van der Waals surface area contributed by atoms with Crippen LogP contribution in [0.25, 0.3) is 98.8 Å². The Morgan fingerprint density at radius 1 is 0.288 bits per heavy atom. The first-order valence-electron chi connectivity index (χ1n) is 20.1. The fourth-order valence-electron chi connectivity index (χ4n) is 8.91. The van der Waals surface area contributed by atoms with Gasteiger partial charge in [0.1, 0.15) is 22.3 Å². The first-order chi connectivity index (χ1) is 29.2. The average molecular weight is 754 g/mol. The van der Waals surface area contributed by atoms with E-state index in [-0.39, 0.29) is 0 Å². The monoisotopic (exact) mass is 753 g/mol. The molecule has 3 heteroatoms. The highest BCUT2D eigenvalue weighted by molar-refractivity contribution is 6.19. The van der Waals surface area contributed by atoms with Crippen molar-refractivity contribution in [3.8, 4) is 33.4 Å². The molecule has 0 bridgehead atoms. The lowest BCUT2D eigenvalue weighted by Crippen LogP contribution is -2.09. The summed E-state index contributed by atoms with van der Waals surface area (Å²) in [6, 6.07) is 75.8. The topological polar surface area (TPSA) is 29.5 Å². The zero-order valence-electron chi connectivity index (χ0n) is 32.0. The molecule has 0 fully saturated rings. The highest BCUT2D eigenvalue weighted by atomic mass is 16.3. The van der Waals surface area contributed by atoms with Crippen LogP contribution in [0.2, 0.25) is 0 Å². The summed E-state index contributed by atoms with van der Waals surface area (Å²) in [5.74, 6) is 0. The molecule has 0 aliphatic rings. The van der Waals surface area contributed by atoms with Crippen molar-refractivity contribution in [2.24, 2.45) is 0 Å². The van der Waals surface area contributed by atoms with Crippen molar-refractivity contribution in [1.82, 2.24) is 0 Å². The third-order valence-corrected chi connectivity index (χ3v) is 11.9. The van der Waals surface area contributed by atoms with Crippen LogP contribution in [0.3, 0.4) is 0 Å². The number of furan rings is 2. The summed E-state index contributed by atoms with van der Waals surface area (Å²) < 4.78 is 12.8. The molecule has 3 nitrogen and oxygen atoms in total. The Morgan fingerprint density at radius 2 is 0.814 bits per heavy atom. The lowest BCUT2D eigenvalue weighted by atomic mass is 9.97. The average Bonchev–Trinajstić information content (AvgIpc) is 3.88. The highest BCUT2D eigenvalue weighted by Crippen LogP contribution is 2.42. The van der Waals surface area contributed by atoms with E-state index in [1.165, 1.54) is 27.3 Å². The molecule has 0 unspecified atom stereocenters. The van der Waals surface area contributed by atoms with E-state index in [0.717, 1.165) is 88.6 Å². The van der Waals surface area contributed by atoms with Gasteiger partial charge in [-0.15, -0.1) is 0 Å². The van der Waals surface area contributed by atoms with Crippen molar-refractivity contribution in [2.75, 3.05) is 4.90 Å². The third kappa shape index (κ3) is 5.59. The van der Waals surface area contributed by atoms with Crippen molar-refractivity contribution in [3.63, 3.8) is 0 Å². The molecule has 0 N–H and O–H groups in total. The molecule has 2 aromatic heterocycles. The van der Waals surface area contributed by atoms with Gasteiger partial charge in [0.15, 0.2) is 0 Å². The normalized spacial score (nSPS) is 11.7. The molecule has 0 saturated heterocycles. The van der Waals surface area contributed by atoms with Gasteiger partial charge < -0.3 is 13.7 Å². The smallest absolute Gasteiger partial charge is 0.143 e. The van der Waals surface area contributed by atoms with E-state index in [1.807, 2.05) is 12.1 Å². The van der Waals surface area contributed by atoms with Crippen LogP contribution in [0.15, 0.2) is 221 Å². The van der Waals surface area contributed by atoms with Crippen LogP contribution >= 0.6 is 0 Å². The van der Waals surface area contributed by atoms with Gasteiger partial charge in [-0.05, 0) is 122 Å². The van der Waals surface area contributed by atoms with Crippen LogP contribution in [0.4, 0.5) is 17.1 Å². The molecule has 0 amide bonds. The minimum atomic E-state index is 0.894. The zero-order chi connectivity index (χ0) is 38.9. The quantitative estimate of drug-likeness (QED) is 0.169. The lowest BCUT2D eigenvalue weighted by molar-refractivity contribution is 0.669. The maximum absolute atomic E-state index is 6.53. The van der Waals surface area contributed by atoms with Gasteiger partial charge in [0.25, 0.3) is 0 Å². The molecule has 0 spiro atoms. The van der Waals surface area contributed by atoms with Gasteiger partial charge >= 0.3 is 0 Å². The van der Waals surface area contributed by atoms with Gasteiger partial charge in [-0.1, -0.05) is 140 Å². The van der Waals surface area contributed by atoms with Crippen molar-refractivity contribution in [2.45, 2.75) is 0 Å². The van der Waals surface area contributed by atoms with Gasteiger partial charge in [-0.2, -0.15) is 0 Å². The number of rotatable bonds is 6. The second kappa shape index (κ2) is 13.4. The predicted molar refractivity (Wildman–Crippen MR) is 247 cm³/mol. The van der Waals surface area contributed by atoms with Crippen LogP contribution in [-0.2, 0) is 0 Å². The molecule has 12 aromatic rings. The number of hydrogen-bond donors (Lipinski definition) is 0. The van der Waals surface area contributed by atoms with E-state index in [4.69, 9.17) is 8.83 Å². The number of hydrogen-bond acceptors (Lipinski definition) is 3. The predicted octanol–water partition coefficient (Wildman–Crippen LogP) is 16.3. The fraction of sp³-hybridized carbons (Fsp3) is 0. The van der Waals surface area contributed by atoms with Crippen LogP contribution in [0, 0.1) is 0 Å². The van der Waals surface area contributed by atoms with Gasteiger partial charge in [0, 0.05) is 44.0 Å². The Balaban J connectivity index is 0.938. The van der Waals surface area contributed by atoms with Crippen molar-refractivity contribution < 1.29 is 8.83 Å². The van der Waals surface area contributed by atoms with Gasteiger partial charge in [-0.25, -0.2) is 0 Å². The highest BCUT2D eigenvalue weighted by Gasteiger charge is 2.18. The molecule has 0 aliphatic heterocycles. The summed E-state index contributed by atoms with van der Waals surface area (Å²) in [5.41, 5.74) is 13.8. The molecule has 0 saturated carbocycles. The summed E-state index contributed by atoms with van der Waals surface area (Å²) >= 11 is 0. The van der Waals surface area contributed by atoms with Crippen LogP contribution in [0.5, 0.6) is 0 Å². The fourth-order valence-corrected chi connectivity index (χ4v) is 8.91. The van der Waals surface area contributed by atoms with E-state index in [9.17, 15) is 0 Å². The number of benzene rings is 10. The summed E-state index contributed by atoms with van der Waals surface area (Å²) in [5, 5.41) is 9.33. The summed E-state index contributed by atoms with van der Waals surface area (Å²) in [6.45, 7) is 0. The zero-order valence-corrected chi connectivity index (χ0v) is 32.0. The van der Waals surface area contributed by atoms with E-state index >= 15 is 0 Å². The van der Waals surface area contributed by atoms with E-state index in [2.05, 4.69) is 205 Å². The van der Waals surface area contributed by atoms with Crippen molar-refractivity contribution in [1.29, 1.82) is 0 Å². The summed E-state index contributed by atoms with van der Waals surface area (Å²) in [7, 11) is 0. The molecule has 276 valence electrons. The number of anilines is 3. The van der Waals surface area contributed by atoms with Gasteiger partial charge in [-0.3, -0.25) is 0 Å². The Labute approximate surface area is 340 Å². The summed E-state index contributed by atoms with van der Waals surface area (Å²) in [6.07, 6.45) is 0. The molecule has 59 heavy (non-hydrogen) atoms. The van der Waals surface area contributed by atoms with E-state index in [1.54, 1.807) is 0 Å². The van der Waals surface area contributed by atoms with Gasteiger partial charge in [0.05, 0.1) is 0 Å². The molecule has 0 radical (unpaired) electrons. The maximum Gasteiger partial charge on any atom is 0.143 e. The van der Waals surface area contributed by atoms with Crippen molar-refractivity contribution in [3.05, 3.63) is 212 Å². The van der Waals surface area contributed by atoms with Crippen LogP contribution < -0.4 is 4.90 Å². The standard InChI is InChI=1S/C56H35NO2/c1-2-10-41-34-42(17-16-36(41)8-1)37-18-26-44(27-19-37)57(45-28-20-38(21-29-45)43-25-32-50-49-12-5-6-14-52(49)58-54(50)35-43)46-30-22-40(23-31-46)47-13-7-15-53-55(47)51-33-24-39-9-3-4-11-48(39)56(51)59-53/h1-35H. The number of para-hydroxylation sites is 1. The van der Waals surface area contributed by atoms with Crippen LogP contribution in [-0.4, -0.2) is 0 Å². The molecular formula is C56H35NO2. The second-order valence-electron chi connectivity index (χ2n) is 15.3. The molecule has 2 heterocycles. The van der Waals surface area contributed by atoms with Gasteiger partial charge in [0.2, 0.25) is 0 Å². The Morgan fingerprint density at radius 3 is 1.56 bits per heavy atom. The molecule has 12 rings (SSSR count). The molecular weight excluding hydrogens is 719 g/mol. The number of fused-ring (bicyclic) bond motifs is 9. The third-order valence-electron chi connectivity index (χ3n) is 11.9. The Bertz CT molecular complexity index is 3540. The first-order valence-corrected chi connectivity index (χ1v) is 20.1. The van der Waals surface area contributed by atoms with E-state index in [0.29, 0.717) is 0 Å². The minimum absolute atomic E-state index is 0.894. The molecule has 10 aromatic carbocycles. The first kappa shape index (κ1) is 33.3. The second-order valence-corrected chi connectivity index (χ2v) is 15.3. The SMILES string of the molecule is c1ccc2cc(-c3ccc(N(c4ccc(-c5ccc6c(c5)oc5ccccc56)cc4)c4ccc(-c5cccc6oc7c8ccccc8ccc7c56)cc4)cc3)ccc2c1. The lowest BCUT2D eigenvalue weighted by Gasteiger charge is -2.26. The maximum atomic E-state index is 6.53. The Hall–Kier alpha value is -7.88. The molecule has 0 aliphatic carbocycles. The number of nitrogens with zero attached hydrogens (tertiary/aromatic N) is 1. The van der Waals surface area contributed by atoms with E-state index < -0.39 is 0 Å².